The number of hydrogen-bond acceptors (Lipinski definition) is 19. The second-order valence-electron chi connectivity index (χ2n) is 27.9. The summed E-state index contributed by atoms with van der Waals surface area (Å²) in [5, 5.41) is 74.4. The molecular weight excluding hydrogens is 1380 g/mol. The number of hydrogen-bond donors (Lipinski definition) is 16. The minimum absolute atomic E-state index is 0.0226. The molecule has 32 heteroatoms. The van der Waals surface area contributed by atoms with Crippen LogP contribution in [-0.2, 0) is 80.0 Å². The number of nitrogens with two attached hydrogens (primary N) is 2. The van der Waals surface area contributed by atoms with E-state index in [4.69, 9.17) is 16.2 Å². The summed E-state index contributed by atoms with van der Waals surface area (Å²) in [6.45, 7) is 10.4. The zero-order valence-corrected chi connectivity index (χ0v) is 62.0. The Bertz CT molecular complexity index is 3250. The number of aliphatic hydroxyl groups is 2. The molecule has 2 bridgehead atoms. The van der Waals surface area contributed by atoms with Crippen molar-refractivity contribution in [2.45, 2.75) is 281 Å². The molecule has 2 aromatic rings. The van der Waals surface area contributed by atoms with Gasteiger partial charge in [0.15, 0.2) is 0 Å². The summed E-state index contributed by atoms with van der Waals surface area (Å²) in [5.41, 5.74) is 12.1. The lowest BCUT2D eigenvalue weighted by Gasteiger charge is -2.31. The maximum absolute atomic E-state index is 14.8. The Hall–Kier alpha value is -9.30. The maximum atomic E-state index is 14.8. The number of carbonyl (C=O) groups excluding carboxylic acids is 12. The first kappa shape index (κ1) is 89.1. The lowest BCUT2D eigenvalue weighted by atomic mass is 9.97. The van der Waals surface area contributed by atoms with Gasteiger partial charge >= 0.3 is 17.9 Å². The molecule has 3 heterocycles. The zero-order chi connectivity index (χ0) is 78.6. The van der Waals surface area contributed by atoms with Crippen LogP contribution in [0.4, 0.5) is 0 Å². The number of carboxylic acid groups (broad SMARTS) is 2. The summed E-state index contributed by atoms with van der Waals surface area (Å²) in [7, 11) is 0. The SMILES string of the molecule is CCC(C)CCCCCCCCCCC(O)CC(=O)NC(CCC(=O)O)C(=O)NC(CCCN)C(=O)NC1Cc2ccc(cc2)OC(=O)C(C(C)CC)NC(=O)C(Cc2ccc(O)cc2)NC(=O)C(CCC(N)=O)NC(=O)C2CCCN2C(=O)C(CC)NC(=O)C(CCC(=O)O)NC(=O)C(C(C)O)NC1=O. The number of amides is 11. The Morgan fingerprint density at radius 1 is 0.594 bits per heavy atom. The molecule has 0 spiro atoms. The molecule has 11 amide bonds. The molecular formula is C74H114N12O20. The van der Waals surface area contributed by atoms with Gasteiger partial charge in [-0.15, -0.1) is 0 Å². The van der Waals surface area contributed by atoms with E-state index in [0.717, 1.165) is 49.8 Å². The number of esters is 1. The summed E-state index contributed by atoms with van der Waals surface area (Å²) in [5.74, 6) is -14.6. The van der Waals surface area contributed by atoms with Crippen LogP contribution in [0.15, 0.2) is 48.5 Å². The van der Waals surface area contributed by atoms with Gasteiger partial charge in [0, 0.05) is 38.6 Å². The number of primary amides is 1. The zero-order valence-electron chi connectivity index (χ0n) is 62.0. The quantitative estimate of drug-likeness (QED) is 0.0198. The number of carbonyl (C=O) groups is 14. The molecule has 0 saturated carbocycles. The van der Waals surface area contributed by atoms with Gasteiger partial charge in [-0.2, -0.15) is 0 Å². The number of carboxylic acids is 2. The van der Waals surface area contributed by atoms with E-state index in [2.05, 4.69) is 61.7 Å². The number of aromatic hydroxyl groups is 1. The lowest BCUT2D eigenvalue weighted by molar-refractivity contribution is -0.143. The summed E-state index contributed by atoms with van der Waals surface area (Å²) in [6.07, 6.45) is 3.90. The minimum Gasteiger partial charge on any atom is -0.508 e. The number of aliphatic hydroxyl groups excluding tert-OH is 2. The van der Waals surface area contributed by atoms with Gasteiger partial charge in [-0.3, -0.25) is 62.3 Å². The summed E-state index contributed by atoms with van der Waals surface area (Å²) in [6, 6.07) is -4.81. The number of rotatable bonds is 37. The van der Waals surface area contributed by atoms with Crippen LogP contribution >= 0.6 is 0 Å². The van der Waals surface area contributed by atoms with E-state index >= 15 is 0 Å². The van der Waals surface area contributed by atoms with Gasteiger partial charge in [0.2, 0.25) is 65.0 Å². The van der Waals surface area contributed by atoms with E-state index in [1.54, 1.807) is 13.8 Å². The van der Waals surface area contributed by atoms with Crippen LogP contribution in [-0.4, -0.2) is 199 Å². The van der Waals surface area contributed by atoms with E-state index in [1.807, 2.05) is 0 Å². The van der Waals surface area contributed by atoms with Gasteiger partial charge in [-0.1, -0.05) is 130 Å². The van der Waals surface area contributed by atoms with E-state index in [9.17, 15) is 92.7 Å². The van der Waals surface area contributed by atoms with Crippen LogP contribution in [0.1, 0.15) is 207 Å². The highest BCUT2D eigenvalue weighted by Crippen LogP contribution is 2.23. The molecule has 0 aromatic heterocycles. The van der Waals surface area contributed by atoms with E-state index < -0.39 is 213 Å². The van der Waals surface area contributed by atoms with Crippen molar-refractivity contribution in [2.75, 3.05) is 13.1 Å². The van der Waals surface area contributed by atoms with Crippen LogP contribution in [0.2, 0.25) is 0 Å². The number of phenols is 1. The number of ether oxygens (including phenoxy) is 1. The van der Waals surface area contributed by atoms with E-state index in [1.165, 1.54) is 81.1 Å². The molecule has 14 atom stereocenters. The Balaban J connectivity index is 1.76. The minimum atomic E-state index is -1.98. The third-order valence-corrected chi connectivity index (χ3v) is 19.2. The monoisotopic (exact) mass is 1490 g/mol. The van der Waals surface area contributed by atoms with Crippen LogP contribution < -0.4 is 64.1 Å². The molecule has 1 fully saturated rings. The lowest BCUT2D eigenvalue weighted by Crippen LogP contribution is -2.62. The maximum Gasteiger partial charge on any atom is 0.334 e. The van der Waals surface area contributed by atoms with Crippen molar-refractivity contribution in [3.8, 4) is 11.5 Å². The first-order valence-corrected chi connectivity index (χ1v) is 37.3. The normalized spacial score (nSPS) is 22.1. The van der Waals surface area contributed by atoms with Gasteiger partial charge in [-0.25, -0.2) is 4.79 Å². The molecule has 0 aliphatic carbocycles. The predicted molar refractivity (Wildman–Crippen MR) is 388 cm³/mol. The topological polar surface area (TPSA) is 513 Å². The highest BCUT2D eigenvalue weighted by atomic mass is 16.5. The fraction of sp³-hybridized carbons (Fsp3) is 0.649. The molecule has 3 aliphatic rings. The molecule has 1 saturated heterocycles. The second-order valence-corrected chi connectivity index (χ2v) is 27.9. The number of nitrogens with zero attached hydrogens (tertiary/aromatic N) is 1. The van der Waals surface area contributed by atoms with Crippen molar-refractivity contribution in [1.82, 2.24) is 52.8 Å². The second kappa shape index (κ2) is 46.6. The number of fused-ring (bicyclic) bond motifs is 23. The Kier molecular flexibility index (Phi) is 39.2. The number of nitrogens with one attached hydrogen (secondary N) is 9. The van der Waals surface area contributed by atoms with Gasteiger partial charge in [0.25, 0.3) is 0 Å². The van der Waals surface area contributed by atoms with Gasteiger partial charge < -0.3 is 94.5 Å². The molecule has 5 rings (SSSR count). The molecule has 2 aromatic carbocycles. The number of benzene rings is 2. The van der Waals surface area contributed by atoms with E-state index in [-0.39, 0.29) is 68.7 Å². The smallest absolute Gasteiger partial charge is 0.334 e. The molecule has 18 N–H and O–H groups in total. The Morgan fingerprint density at radius 3 is 1.73 bits per heavy atom. The molecule has 106 heavy (non-hydrogen) atoms. The highest BCUT2D eigenvalue weighted by molar-refractivity contribution is 5.99. The summed E-state index contributed by atoms with van der Waals surface area (Å²) in [4.78, 5) is 195. The third kappa shape index (κ3) is 31.4. The molecule has 32 nitrogen and oxygen atoms in total. The predicted octanol–water partition coefficient (Wildman–Crippen LogP) is 1.72. The standard InChI is InChI=1S/C74H114N12O20/c1-7-43(4)20-16-14-12-10-11-13-15-17-21-49(89)42-60(91)77-53(33-36-61(92)93)66(97)79-52(22-18-38-75)65(96)82-57-41-47-26-30-50(31-27-47)106-74(105)63(44(5)8-2)84-69(100)56(40-46-24-28-48(88)29-25-46)83-68(99)54(32-35-59(76)90)80-71(102)58-23-19-39-86(58)73(104)51(9-3)78-67(98)55(34-37-62(94)95)81-72(103)64(45(6)87)85-70(57)101/h24-31,43-45,49,51-58,63-64,87-89H,7-23,32-42,75H2,1-6H3,(H2,76,90)(H,77,91)(H,78,98)(H,79,97)(H,80,102)(H,81,103)(H,82,96)(H,83,99)(H,84,100)(H,85,101)(H,92,93)(H,94,95). The number of aliphatic carboxylic acids is 2. The Morgan fingerprint density at radius 2 is 1.15 bits per heavy atom. The van der Waals surface area contributed by atoms with Crippen LogP contribution in [0.25, 0.3) is 0 Å². The summed E-state index contributed by atoms with van der Waals surface area (Å²) < 4.78 is 5.83. The van der Waals surface area contributed by atoms with Gasteiger partial charge in [0.1, 0.15) is 71.9 Å². The van der Waals surface area contributed by atoms with Gasteiger partial charge in [-0.05, 0) is 118 Å². The van der Waals surface area contributed by atoms with Crippen molar-refractivity contribution in [3.63, 3.8) is 0 Å². The first-order valence-electron chi connectivity index (χ1n) is 37.3. The fourth-order valence-electron chi connectivity index (χ4n) is 12.4. The van der Waals surface area contributed by atoms with Crippen molar-refractivity contribution < 1.29 is 97.4 Å². The average molecular weight is 1490 g/mol. The van der Waals surface area contributed by atoms with Gasteiger partial charge in [0.05, 0.1) is 18.6 Å². The number of unbranched alkanes of at least 4 members (excludes halogenated alkanes) is 7. The van der Waals surface area contributed by atoms with Crippen LogP contribution in [0.3, 0.4) is 0 Å². The highest BCUT2D eigenvalue weighted by Gasteiger charge is 2.42. The first-order chi connectivity index (χ1) is 50.4. The summed E-state index contributed by atoms with van der Waals surface area (Å²) >= 11 is 0. The molecule has 14 unspecified atom stereocenters. The Labute approximate surface area is 619 Å². The molecule has 3 aliphatic heterocycles. The van der Waals surface area contributed by atoms with Crippen LogP contribution in [0.5, 0.6) is 11.5 Å². The largest absolute Gasteiger partial charge is 0.508 e. The molecule has 0 radical (unpaired) electrons. The molecule has 590 valence electrons. The number of phenolic OH excluding ortho intramolecular Hbond substituents is 1. The van der Waals surface area contributed by atoms with Crippen molar-refractivity contribution >= 4 is 82.9 Å². The fourth-order valence-corrected chi connectivity index (χ4v) is 12.4. The van der Waals surface area contributed by atoms with E-state index in [0.29, 0.717) is 24.8 Å². The van der Waals surface area contributed by atoms with Crippen LogP contribution in [0, 0.1) is 11.8 Å². The van der Waals surface area contributed by atoms with Crippen molar-refractivity contribution in [1.29, 1.82) is 0 Å². The third-order valence-electron chi connectivity index (χ3n) is 19.2. The average Bonchev–Trinajstić information content (AvgIpc) is 1.57. The van der Waals surface area contributed by atoms with Crippen molar-refractivity contribution in [3.05, 3.63) is 59.7 Å². The van der Waals surface area contributed by atoms with Crippen molar-refractivity contribution in [2.24, 2.45) is 23.3 Å².